The van der Waals surface area contributed by atoms with E-state index in [0.717, 1.165) is 5.46 Å². The second-order valence-corrected chi connectivity index (χ2v) is 5.84. The van der Waals surface area contributed by atoms with Gasteiger partial charge in [-0.3, -0.25) is 6.58 Å². The van der Waals surface area contributed by atoms with Gasteiger partial charge in [-0.2, -0.15) is 11.6 Å². The van der Waals surface area contributed by atoms with Crippen LogP contribution in [-0.2, 0) is 46.8 Å². The number of benzene rings is 1. The first kappa shape index (κ1) is 18.6. The summed E-state index contributed by atoms with van der Waals surface area (Å²) < 4.78 is 11.8. The van der Waals surface area contributed by atoms with Crippen LogP contribution in [0.15, 0.2) is 18.2 Å². The minimum absolute atomic E-state index is 0. The third-order valence-electron chi connectivity index (χ3n) is 3.87. The van der Waals surface area contributed by atoms with Crippen molar-refractivity contribution in [2.75, 3.05) is 0 Å². The molecule has 0 aliphatic carbocycles. The molecule has 1 fully saturated rings. The Kier molecular flexibility index (Phi) is 5.60. The largest absolute Gasteiger partial charge is 0.542 e. The summed E-state index contributed by atoms with van der Waals surface area (Å²) in [7, 11) is -0.546. The molecule has 0 bridgehead atoms. The zero-order valence-electron chi connectivity index (χ0n) is 12.6. The number of carbonyl (C=O) groups is 1. The van der Waals surface area contributed by atoms with Crippen LogP contribution in [0.1, 0.15) is 33.3 Å². The van der Waals surface area contributed by atoms with Crippen LogP contribution in [0, 0.1) is 12.6 Å². The van der Waals surface area contributed by atoms with E-state index in [1.54, 1.807) is 18.2 Å². The predicted octanol–water partition coefficient (Wildman–Crippen LogP) is 1.68. The Morgan fingerprint density at radius 2 is 1.81 bits per heavy atom. The minimum Gasteiger partial charge on any atom is -0.542 e. The van der Waals surface area contributed by atoms with Crippen molar-refractivity contribution in [3.05, 3.63) is 36.4 Å². The van der Waals surface area contributed by atoms with Gasteiger partial charge in [0.25, 0.3) is 0 Å². The van der Waals surface area contributed by atoms with E-state index < -0.39 is 24.3 Å². The maximum Gasteiger partial charge on any atom is 0.474 e. The molecule has 6 heteroatoms. The summed E-state index contributed by atoms with van der Waals surface area (Å²) in [5.74, 6) is -1.17. The standard InChI is InChI=1S/C15H17BO4.Y/c1-10(13(17)18)11-7-6-8-12(9-11)16-19-14(2,3)15(4,5)20-16;/h1,6,8-9H,2-5H3,(H,17,18);/q-2;. The van der Waals surface area contributed by atoms with Crippen LogP contribution in [0.5, 0.6) is 0 Å². The quantitative estimate of drug-likeness (QED) is 0.506. The van der Waals surface area contributed by atoms with Gasteiger partial charge in [-0.05, 0) is 27.7 Å². The zero-order chi connectivity index (χ0) is 15.1. The molecule has 0 atom stereocenters. The van der Waals surface area contributed by atoms with Crippen LogP contribution in [0.25, 0.3) is 5.57 Å². The summed E-state index contributed by atoms with van der Waals surface area (Å²) in [6, 6.07) is 7.83. The molecule has 1 heterocycles. The summed E-state index contributed by atoms with van der Waals surface area (Å²) in [5, 5.41) is 8.91. The second-order valence-electron chi connectivity index (χ2n) is 5.84. The Hall–Kier alpha value is -0.481. The normalized spacial score (nSPS) is 19.0. The Morgan fingerprint density at radius 3 is 2.29 bits per heavy atom. The van der Waals surface area contributed by atoms with Gasteiger partial charge in [-0.25, -0.2) is 17.7 Å². The van der Waals surface area contributed by atoms with Crippen LogP contribution in [0.3, 0.4) is 0 Å². The van der Waals surface area contributed by atoms with Crippen LogP contribution >= 0.6 is 0 Å². The Morgan fingerprint density at radius 1 is 1.29 bits per heavy atom. The van der Waals surface area contributed by atoms with E-state index in [2.05, 4.69) is 6.07 Å². The van der Waals surface area contributed by atoms with Crippen molar-refractivity contribution in [1.29, 1.82) is 0 Å². The van der Waals surface area contributed by atoms with Gasteiger partial charge in [0.2, 0.25) is 0 Å². The molecule has 1 saturated heterocycles. The van der Waals surface area contributed by atoms with Crippen LogP contribution in [-0.4, -0.2) is 29.4 Å². The molecule has 2 rings (SSSR count). The maximum absolute atomic E-state index is 10.9. The van der Waals surface area contributed by atoms with Crippen molar-refractivity contribution in [1.82, 2.24) is 0 Å². The Labute approximate surface area is 150 Å². The Bertz CT molecular complexity index is 553. The van der Waals surface area contributed by atoms with Gasteiger partial charge in [-0.1, -0.05) is 0 Å². The molecule has 1 radical (unpaired) electrons. The smallest absolute Gasteiger partial charge is 0.474 e. The van der Waals surface area contributed by atoms with Crippen molar-refractivity contribution in [2.45, 2.75) is 38.9 Å². The number of rotatable bonds is 3. The van der Waals surface area contributed by atoms with E-state index in [0.29, 0.717) is 5.56 Å². The number of carboxylic acids is 1. The SMILES string of the molecule is [CH-]=C(C(=O)O)c1[c-]ccc(B2OC(C)(C)C(C)(C)O2)c1.[Y]. The average molecular weight is 361 g/mol. The number of aliphatic carboxylic acids is 1. The summed E-state index contributed by atoms with van der Waals surface area (Å²) in [4.78, 5) is 10.9. The van der Waals surface area contributed by atoms with Crippen molar-refractivity contribution in [3.8, 4) is 0 Å². The fourth-order valence-electron chi connectivity index (χ4n) is 1.88. The average Bonchev–Trinajstić information content (AvgIpc) is 2.57. The molecule has 1 aromatic carbocycles. The molecule has 4 nitrogen and oxygen atoms in total. The van der Waals surface area contributed by atoms with E-state index in [9.17, 15) is 4.79 Å². The summed E-state index contributed by atoms with van der Waals surface area (Å²) in [6.45, 7) is 13.4. The molecule has 1 aromatic rings. The molecular formula is C15H17BO4Y-2. The van der Waals surface area contributed by atoms with Gasteiger partial charge in [0.1, 0.15) is 0 Å². The predicted molar refractivity (Wildman–Crippen MR) is 76.3 cm³/mol. The van der Waals surface area contributed by atoms with E-state index in [-0.39, 0.29) is 38.3 Å². The monoisotopic (exact) mass is 361 g/mol. The Balaban J connectivity index is 0.00000220. The van der Waals surface area contributed by atoms with E-state index in [1.807, 2.05) is 27.7 Å². The van der Waals surface area contributed by atoms with E-state index in [4.69, 9.17) is 21.0 Å². The molecule has 21 heavy (non-hydrogen) atoms. The first-order chi connectivity index (χ1) is 9.14. The van der Waals surface area contributed by atoms with Gasteiger partial charge in [0.15, 0.2) is 5.97 Å². The molecule has 0 aromatic heterocycles. The molecular weight excluding hydrogens is 344 g/mol. The number of hydrogen-bond donors (Lipinski definition) is 1. The summed E-state index contributed by atoms with van der Waals surface area (Å²) >= 11 is 0. The van der Waals surface area contributed by atoms with Crippen LogP contribution in [0.4, 0.5) is 0 Å². The third kappa shape index (κ3) is 3.65. The van der Waals surface area contributed by atoms with Gasteiger partial charge in [0, 0.05) is 32.7 Å². The molecule has 1 aliphatic heterocycles. The van der Waals surface area contributed by atoms with Gasteiger partial charge in [0.05, 0.1) is 11.2 Å². The van der Waals surface area contributed by atoms with Crippen molar-refractivity contribution in [2.24, 2.45) is 0 Å². The van der Waals surface area contributed by atoms with Crippen LogP contribution < -0.4 is 5.46 Å². The van der Waals surface area contributed by atoms with Gasteiger partial charge in [-0.15, -0.1) is 11.5 Å². The topological polar surface area (TPSA) is 55.8 Å². The fraction of sp³-hybridized carbons (Fsp3) is 0.400. The minimum atomic E-state index is -1.17. The molecule has 0 saturated carbocycles. The van der Waals surface area contributed by atoms with Gasteiger partial charge >= 0.3 is 7.12 Å². The fourth-order valence-corrected chi connectivity index (χ4v) is 1.88. The molecule has 0 unspecified atom stereocenters. The third-order valence-corrected chi connectivity index (χ3v) is 3.87. The zero-order valence-corrected chi connectivity index (χ0v) is 15.5. The molecule has 1 aliphatic rings. The van der Waals surface area contributed by atoms with Crippen molar-refractivity contribution >= 4 is 24.1 Å². The van der Waals surface area contributed by atoms with E-state index >= 15 is 0 Å². The molecule has 0 spiro atoms. The molecule has 1 N–H and O–H groups in total. The molecule has 109 valence electrons. The van der Waals surface area contributed by atoms with Crippen molar-refractivity contribution < 1.29 is 51.9 Å². The van der Waals surface area contributed by atoms with Gasteiger partial charge < -0.3 is 19.2 Å². The molecule has 0 amide bonds. The van der Waals surface area contributed by atoms with Crippen molar-refractivity contribution in [3.63, 3.8) is 0 Å². The first-order valence-corrected chi connectivity index (χ1v) is 6.37. The summed E-state index contributed by atoms with van der Waals surface area (Å²) in [5.41, 5.74) is -0.0894. The summed E-state index contributed by atoms with van der Waals surface area (Å²) in [6.07, 6.45) is 0. The van der Waals surface area contributed by atoms with Crippen LogP contribution in [0.2, 0.25) is 0 Å². The number of hydrogen-bond acceptors (Lipinski definition) is 3. The first-order valence-electron chi connectivity index (χ1n) is 6.37. The maximum atomic E-state index is 10.9. The second kappa shape index (κ2) is 6.33. The number of carboxylic acid groups (broad SMARTS) is 1. The van der Waals surface area contributed by atoms with E-state index in [1.165, 1.54) is 0 Å².